The van der Waals surface area contributed by atoms with Gasteiger partial charge in [-0.05, 0) is 30.3 Å². The van der Waals surface area contributed by atoms with E-state index in [2.05, 4.69) is 0 Å². The fourth-order valence-electron chi connectivity index (χ4n) is 2.50. The van der Waals surface area contributed by atoms with Gasteiger partial charge in [0.1, 0.15) is 12.4 Å². The summed E-state index contributed by atoms with van der Waals surface area (Å²) in [6.45, 7) is 0.543. The SMILES string of the molecule is O=S(=O)(Cl)c1ccc2c(c1)OCCN2c1ccc(C(F)(F)F)cc1Cl. The van der Waals surface area contributed by atoms with E-state index in [1.54, 1.807) is 4.90 Å². The Hall–Kier alpha value is -1.64. The maximum absolute atomic E-state index is 12.8. The Labute approximate surface area is 151 Å². The van der Waals surface area contributed by atoms with E-state index in [-0.39, 0.29) is 22.3 Å². The predicted molar refractivity (Wildman–Crippen MR) is 88.4 cm³/mol. The van der Waals surface area contributed by atoms with Crippen molar-refractivity contribution in [3.05, 3.63) is 47.0 Å². The molecule has 0 spiro atoms. The highest BCUT2D eigenvalue weighted by Crippen LogP contribution is 2.42. The molecule has 0 fully saturated rings. The molecule has 2 aromatic rings. The Morgan fingerprint density at radius 1 is 1.08 bits per heavy atom. The van der Waals surface area contributed by atoms with Crippen LogP contribution in [-0.4, -0.2) is 21.6 Å². The Morgan fingerprint density at radius 2 is 1.76 bits per heavy atom. The predicted octanol–water partition coefficient (Wildman–Crippen LogP) is 4.82. The molecule has 0 radical (unpaired) electrons. The Bertz CT molecular complexity index is 932. The molecule has 0 aromatic heterocycles. The molecule has 1 aliphatic heterocycles. The second-order valence-electron chi connectivity index (χ2n) is 5.23. The number of ether oxygens (including phenoxy) is 1. The Kier molecular flexibility index (Phi) is 4.55. The van der Waals surface area contributed by atoms with Crippen LogP contribution in [0.2, 0.25) is 5.02 Å². The van der Waals surface area contributed by atoms with Gasteiger partial charge in [-0.3, -0.25) is 0 Å². The Morgan fingerprint density at radius 3 is 2.36 bits per heavy atom. The van der Waals surface area contributed by atoms with E-state index in [4.69, 9.17) is 27.0 Å². The van der Waals surface area contributed by atoms with Crippen LogP contribution in [0, 0.1) is 0 Å². The maximum Gasteiger partial charge on any atom is 0.416 e. The van der Waals surface area contributed by atoms with Gasteiger partial charge in [-0.2, -0.15) is 13.2 Å². The van der Waals surface area contributed by atoms with Gasteiger partial charge in [0.05, 0.1) is 33.4 Å². The molecule has 0 aliphatic carbocycles. The van der Waals surface area contributed by atoms with Crippen molar-refractivity contribution < 1.29 is 26.3 Å². The maximum atomic E-state index is 12.8. The summed E-state index contributed by atoms with van der Waals surface area (Å²) in [6, 6.07) is 7.09. The first-order valence-corrected chi connectivity index (χ1v) is 9.62. The monoisotopic (exact) mass is 411 g/mol. The van der Waals surface area contributed by atoms with Gasteiger partial charge in [0.15, 0.2) is 0 Å². The first kappa shape index (κ1) is 18.2. The molecule has 0 saturated carbocycles. The van der Waals surface area contributed by atoms with Crippen LogP contribution in [-0.2, 0) is 15.2 Å². The highest BCUT2D eigenvalue weighted by atomic mass is 35.7. The van der Waals surface area contributed by atoms with Crippen molar-refractivity contribution in [2.45, 2.75) is 11.1 Å². The number of hydrogen-bond acceptors (Lipinski definition) is 4. The molecule has 10 heteroatoms. The summed E-state index contributed by atoms with van der Waals surface area (Å²) in [6.07, 6.45) is -4.49. The molecule has 134 valence electrons. The van der Waals surface area contributed by atoms with Gasteiger partial charge in [-0.25, -0.2) is 8.42 Å². The molecule has 0 N–H and O–H groups in total. The second-order valence-corrected chi connectivity index (χ2v) is 8.20. The number of anilines is 2. The van der Waals surface area contributed by atoms with Gasteiger partial charge in [0.25, 0.3) is 9.05 Å². The summed E-state index contributed by atoms with van der Waals surface area (Å²) in [5, 5.41) is -0.0725. The lowest BCUT2D eigenvalue weighted by atomic mass is 10.1. The first-order chi connectivity index (χ1) is 11.6. The average molecular weight is 412 g/mol. The minimum atomic E-state index is -4.49. The number of alkyl halides is 3. The summed E-state index contributed by atoms with van der Waals surface area (Å²) >= 11 is 6.04. The lowest BCUT2D eigenvalue weighted by Crippen LogP contribution is -2.29. The zero-order valence-corrected chi connectivity index (χ0v) is 14.7. The molecule has 0 amide bonds. The van der Waals surface area contributed by atoms with Crippen LogP contribution in [0.1, 0.15) is 5.56 Å². The van der Waals surface area contributed by atoms with Crippen LogP contribution in [0.15, 0.2) is 41.3 Å². The quantitative estimate of drug-likeness (QED) is 0.664. The van der Waals surface area contributed by atoms with Crippen molar-refractivity contribution in [1.29, 1.82) is 0 Å². The van der Waals surface area contributed by atoms with E-state index in [9.17, 15) is 21.6 Å². The van der Waals surface area contributed by atoms with E-state index in [1.807, 2.05) is 0 Å². The summed E-state index contributed by atoms with van der Waals surface area (Å²) in [5.41, 5.74) is -0.00372. The van der Waals surface area contributed by atoms with Crippen LogP contribution in [0.4, 0.5) is 24.5 Å². The fraction of sp³-hybridized carbons (Fsp3) is 0.200. The van der Waals surface area contributed by atoms with Crippen molar-refractivity contribution in [3.63, 3.8) is 0 Å². The van der Waals surface area contributed by atoms with Gasteiger partial charge in [-0.15, -0.1) is 0 Å². The third kappa shape index (κ3) is 3.65. The summed E-state index contributed by atoms with van der Waals surface area (Å²) < 4.78 is 66.6. The van der Waals surface area contributed by atoms with Crippen LogP contribution < -0.4 is 9.64 Å². The van der Waals surface area contributed by atoms with Crippen LogP contribution >= 0.6 is 22.3 Å². The highest BCUT2D eigenvalue weighted by molar-refractivity contribution is 8.13. The van der Waals surface area contributed by atoms with Crippen molar-refractivity contribution in [2.75, 3.05) is 18.1 Å². The zero-order valence-electron chi connectivity index (χ0n) is 12.3. The fourth-order valence-corrected chi connectivity index (χ4v) is 3.55. The molecule has 1 aliphatic rings. The summed E-state index contributed by atoms with van der Waals surface area (Å²) in [5.74, 6) is 0.254. The highest BCUT2D eigenvalue weighted by Gasteiger charge is 2.32. The molecular formula is C15H10Cl2F3NO3S. The third-order valence-corrected chi connectivity index (χ3v) is 5.30. The minimum Gasteiger partial charge on any atom is -0.489 e. The molecule has 2 aromatic carbocycles. The van der Waals surface area contributed by atoms with E-state index < -0.39 is 20.8 Å². The molecule has 0 bridgehead atoms. The number of nitrogens with zero attached hydrogens (tertiary/aromatic N) is 1. The first-order valence-electron chi connectivity index (χ1n) is 6.93. The van der Waals surface area contributed by atoms with Crippen LogP contribution in [0.25, 0.3) is 0 Å². The molecule has 1 heterocycles. The number of hydrogen-bond donors (Lipinski definition) is 0. The Balaban J connectivity index is 2.04. The third-order valence-electron chi connectivity index (χ3n) is 3.64. The smallest absolute Gasteiger partial charge is 0.416 e. The van der Waals surface area contributed by atoms with Gasteiger partial charge < -0.3 is 9.64 Å². The number of rotatable bonds is 2. The van der Waals surface area contributed by atoms with E-state index >= 15 is 0 Å². The van der Waals surface area contributed by atoms with E-state index in [1.165, 1.54) is 24.3 Å². The normalized spacial score (nSPS) is 14.8. The van der Waals surface area contributed by atoms with Crippen molar-refractivity contribution in [3.8, 4) is 5.75 Å². The lowest BCUT2D eigenvalue weighted by molar-refractivity contribution is -0.137. The van der Waals surface area contributed by atoms with Crippen LogP contribution in [0.3, 0.4) is 0 Å². The molecular weight excluding hydrogens is 402 g/mol. The van der Waals surface area contributed by atoms with Crippen molar-refractivity contribution in [2.24, 2.45) is 0 Å². The standard InChI is InChI=1S/C15H10Cl2F3NO3S/c16-11-7-9(15(18,19)20)1-3-12(11)21-5-6-24-14-8-10(25(17,22)23)2-4-13(14)21/h1-4,7-8H,5-6H2. The van der Waals surface area contributed by atoms with Gasteiger partial charge >= 0.3 is 6.18 Å². The number of benzene rings is 2. The minimum absolute atomic E-state index is 0.0725. The largest absolute Gasteiger partial charge is 0.489 e. The number of fused-ring (bicyclic) bond motifs is 1. The molecule has 0 unspecified atom stereocenters. The summed E-state index contributed by atoms with van der Waals surface area (Å²) in [4.78, 5) is 1.53. The van der Waals surface area contributed by atoms with Crippen molar-refractivity contribution in [1.82, 2.24) is 0 Å². The molecule has 0 atom stereocenters. The topological polar surface area (TPSA) is 46.6 Å². The van der Waals surface area contributed by atoms with E-state index in [0.29, 0.717) is 17.9 Å². The molecule has 4 nitrogen and oxygen atoms in total. The number of halogens is 5. The van der Waals surface area contributed by atoms with Gasteiger partial charge in [0, 0.05) is 16.7 Å². The summed E-state index contributed by atoms with van der Waals surface area (Å²) in [7, 11) is 1.39. The van der Waals surface area contributed by atoms with Gasteiger partial charge in [0.2, 0.25) is 0 Å². The average Bonchev–Trinajstić information content (AvgIpc) is 2.52. The van der Waals surface area contributed by atoms with Crippen LogP contribution in [0.5, 0.6) is 5.75 Å². The second kappa shape index (κ2) is 6.26. The zero-order chi connectivity index (χ0) is 18.4. The van der Waals surface area contributed by atoms with E-state index in [0.717, 1.165) is 12.1 Å². The lowest BCUT2D eigenvalue weighted by Gasteiger charge is -2.32. The molecule has 0 saturated heterocycles. The molecule has 3 rings (SSSR count). The van der Waals surface area contributed by atoms with Gasteiger partial charge in [-0.1, -0.05) is 11.6 Å². The van der Waals surface area contributed by atoms with Crippen molar-refractivity contribution >= 4 is 42.7 Å². The molecule has 25 heavy (non-hydrogen) atoms.